The summed E-state index contributed by atoms with van der Waals surface area (Å²) in [7, 11) is 1.69. The maximum absolute atomic E-state index is 12.6. The van der Waals surface area contributed by atoms with E-state index in [0.29, 0.717) is 24.2 Å². The molecule has 2 N–H and O–H groups in total. The molecule has 1 amide bonds. The predicted molar refractivity (Wildman–Crippen MR) is 80.4 cm³/mol. The number of amides is 1. The number of carbonyl (C=O) groups is 2. The van der Waals surface area contributed by atoms with Crippen LogP contribution in [0.4, 0.5) is 0 Å². The average Bonchev–Trinajstić information content (AvgIpc) is 2.53. The van der Waals surface area contributed by atoms with Crippen molar-refractivity contribution in [2.24, 2.45) is 5.73 Å². The number of Topliss-reactive ketones (excluding diaryl/α,β-unsaturated/α-hetero) is 1. The molecule has 0 aromatic heterocycles. The number of ether oxygens (including phenoxy) is 1. The van der Waals surface area contributed by atoms with E-state index in [1.807, 2.05) is 4.90 Å². The summed E-state index contributed by atoms with van der Waals surface area (Å²) in [5.41, 5.74) is 7.00. The summed E-state index contributed by atoms with van der Waals surface area (Å²) in [6.07, 6.45) is 1.76. The summed E-state index contributed by atoms with van der Waals surface area (Å²) in [5, 5.41) is 0. The van der Waals surface area contributed by atoms with Crippen molar-refractivity contribution >= 4 is 11.7 Å². The minimum absolute atomic E-state index is 0.00341. The van der Waals surface area contributed by atoms with Gasteiger partial charge >= 0.3 is 0 Å². The second kappa shape index (κ2) is 6.83. The van der Waals surface area contributed by atoms with Gasteiger partial charge in [0.05, 0.1) is 6.10 Å². The first kappa shape index (κ1) is 15.7. The minimum Gasteiger partial charge on any atom is -0.381 e. The van der Waals surface area contributed by atoms with Crippen molar-refractivity contribution in [2.75, 3.05) is 20.2 Å². The molecule has 21 heavy (non-hydrogen) atoms. The van der Waals surface area contributed by atoms with Gasteiger partial charge in [-0.25, -0.2) is 0 Å². The van der Waals surface area contributed by atoms with Crippen molar-refractivity contribution in [3.05, 3.63) is 35.4 Å². The topological polar surface area (TPSA) is 72.6 Å². The third-order valence-electron chi connectivity index (χ3n) is 4.07. The molecule has 5 heteroatoms. The van der Waals surface area contributed by atoms with Gasteiger partial charge in [0, 0.05) is 37.4 Å². The Bertz CT molecular complexity index is 513. The normalized spacial score (nSPS) is 22.1. The second-order valence-corrected chi connectivity index (χ2v) is 5.40. The molecular formula is C16H22N2O3. The quantitative estimate of drug-likeness (QED) is 0.852. The number of rotatable bonds is 4. The fraction of sp³-hybridized carbons (Fsp3) is 0.500. The maximum Gasteiger partial charge on any atom is 0.254 e. The fourth-order valence-electron chi connectivity index (χ4n) is 2.73. The summed E-state index contributed by atoms with van der Waals surface area (Å²) in [5.74, 6) is -0.0372. The van der Waals surface area contributed by atoms with Gasteiger partial charge in [-0.15, -0.1) is 0 Å². The molecule has 1 saturated heterocycles. The number of ketones is 1. The lowest BCUT2D eigenvalue weighted by Crippen LogP contribution is -2.51. The number of methoxy groups -OCH3 is 1. The van der Waals surface area contributed by atoms with E-state index in [-0.39, 0.29) is 23.8 Å². The number of benzene rings is 1. The van der Waals surface area contributed by atoms with E-state index in [9.17, 15) is 9.59 Å². The van der Waals surface area contributed by atoms with Crippen molar-refractivity contribution in [1.29, 1.82) is 0 Å². The van der Waals surface area contributed by atoms with E-state index >= 15 is 0 Å². The third kappa shape index (κ3) is 3.49. The van der Waals surface area contributed by atoms with Crippen LogP contribution in [0.3, 0.4) is 0 Å². The standard InChI is InChI=1S/C16H22N2O3/c1-11(19)12-3-5-13(6-4-12)16(20)18-8-7-15(21-2)9-14(18)10-17/h3-6,14-15H,7-10,17H2,1-2H3/t14-,15-/m0/s1. The molecule has 0 saturated carbocycles. The monoisotopic (exact) mass is 290 g/mol. The zero-order valence-electron chi connectivity index (χ0n) is 12.5. The Morgan fingerprint density at radius 1 is 1.29 bits per heavy atom. The smallest absolute Gasteiger partial charge is 0.254 e. The zero-order valence-corrected chi connectivity index (χ0v) is 12.5. The molecule has 0 aliphatic carbocycles. The number of carbonyl (C=O) groups excluding carboxylic acids is 2. The van der Waals surface area contributed by atoms with Crippen molar-refractivity contribution in [2.45, 2.75) is 31.9 Å². The highest BCUT2D eigenvalue weighted by Gasteiger charge is 2.31. The van der Waals surface area contributed by atoms with Crippen LogP contribution >= 0.6 is 0 Å². The van der Waals surface area contributed by atoms with Crippen molar-refractivity contribution in [3.8, 4) is 0 Å². The molecule has 2 rings (SSSR count). The minimum atomic E-state index is -0.0323. The molecule has 2 atom stereocenters. The van der Waals surface area contributed by atoms with Crippen molar-refractivity contribution < 1.29 is 14.3 Å². The van der Waals surface area contributed by atoms with Crippen LogP contribution in [0.15, 0.2) is 24.3 Å². The molecule has 1 aromatic carbocycles. The Morgan fingerprint density at radius 2 is 1.90 bits per heavy atom. The van der Waals surface area contributed by atoms with E-state index < -0.39 is 0 Å². The van der Waals surface area contributed by atoms with Crippen LogP contribution < -0.4 is 5.73 Å². The first-order valence-corrected chi connectivity index (χ1v) is 7.21. The van der Waals surface area contributed by atoms with Gasteiger partial charge in [-0.3, -0.25) is 9.59 Å². The number of hydrogen-bond acceptors (Lipinski definition) is 4. The molecule has 0 unspecified atom stereocenters. The van der Waals surface area contributed by atoms with Gasteiger partial charge in [0.25, 0.3) is 5.91 Å². The zero-order chi connectivity index (χ0) is 15.4. The molecule has 1 fully saturated rings. The van der Waals surface area contributed by atoms with E-state index in [4.69, 9.17) is 10.5 Å². The summed E-state index contributed by atoms with van der Waals surface area (Å²) < 4.78 is 5.37. The summed E-state index contributed by atoms with van der Waals surface area (Å²) in [4.78, 5) is 25.7. The van der Waals surface area contributed by atoms with Crippen molar-refractivity contribution in [1.82, 2.24) is 4.90 Å². The molecular weight excluding hydrogens is 268 g/mol. The highest BCUT2D eigenvalue weighted by Crippen LogP contribution is 2.21. The van der Waals surface area contributed by atoms with Crippen LogP contribution in [0.25, 0.3) is 0 Å². The van der Waals surface area contributed by atoms with Crippen LogP contribution in [-0.2, 0) is 4.74 Å². The number of nitrogens with zero attached hydrogens (tertiary/aromatic N) is 1. The van der Waals surface area contributed by atoms with Gasteiger partial charge in [-0.2, -0.15) is 0 Å². The van der Waals surface area contributed by atoms with Gasteiger partial charge in [-0.1, -0.05) is 12.1 Å². The maximum atomic E-state index is 12.6. The van der Waals surface area contributed by atoms with E-state index in [1.165, 1.54) is 6.92 Å². The average molecular weight is 290 g/mol. The van der Waals surface area contributed by atoms with E-state index in [1.54, 1.807) is 31.4 Å². The van der Waals surface area contributed by atoms with Crippen LogP contribution in [-0.4, -0.2) is 48.9 Å². The summed E-state index contributed by atoms with van der Waals surface area (Å²) >= 11 is 0. The number of likely N-dealkylation sites (tertiary alicyclic amines) is 1. The second-order valence-electron chi connectivity index (χ2n) is 5.40. The first-order chi connectivity index (χ1) is 10.1. The number of piperidine rings is 1. The molecule has 1 heterocycles. The van der Waals surface area contributed by atoms with Gasteiger partial charge < -0.3 is 15.4 Å². The molecule has 0 spiro atoms. The van der Waals surface area contributed by atoms with E-state index in [0.717, 1.165) is 12.8 Å². The number of hydrogen-bond donors (Lipinski definition) is 1. The Morgan fingerprint density at radius 3 is 2.43 bits per heavy atom. The van der Waals surface area contributed by atoms with E-state index in [2.05, 4.69) is 0 Å². The molecule has 114 valence electrons. The van der Waals surface area contributed by atoms with Crippen molar-refractivity contribution in [3.63, 3.8) is 0 Å². The Kier molecular flexibility index (Phi) is 5.09. The Hall–Kier alpha value is -1.72. The predicted octanol–water partition coefficient (Wildman–Crippen LogP) is 1.47. The fourth-order valence-corrected chi connectivity index (χ4v) is 2.73. The van der Waals surface area contributed by atoms with Gasteiger partial charge in [-0.05, 0) is 31.9 Å². The van der Waals surface area contributed by atoms with Crippen LogP contribution in [0.1, 0.15) is 40.5 Å². The summed E-state index contributed by atoms with van der Waals surface area (Å²) in [6, 6.07) is 6.79. The molecule has 5 nitrogen and oxygen atoms in total. The summed E-state index contributed by atoms with van der Waals surface area (Å²) in [6.45, 7) is 2.58. The van der Waals surface area contributed by atoms with Gasteiger partial charge in [0.2, 0.25) is 0 Å². The van der Waals surface area contributed by atoms with Gasteiger partial charge in [0.1, 0.15) is 0 Å². The molecule has 0 bridgehead atoms. The number of nitrogens with two attached hydrogens (primary N) is 1. The Labute approximate surface area is 125 Å². The van der Waals surface area contributed by atoms with Crippen LogP contribution in [0, 0.1) is 0 Å². The molecule has 1 aromatic rings. The lowest BCUT2D eigenvalue weighted by atomic mass is 9.98. The largest absolute Gasteiger partial charge is 0.381 e. The molecule has 1 aliphatic rings. The molecule has 0 radical (unpaired) electrons. The van der Waals surface area contributed by atoms with Crippen LogP contribution in [0.2, 0.25) is 0 Å². The lowest BCUT2D eigenvalue weighted by molar-refractivity contribution is 0.0139. The first-order valence-electron chi connectivity index (χ1n) is 7.21. The lowest BCUT2D eigenvalue weighted by Gasteiger charge is -2.38. The highest BCUT2D eigenvalue weighted by atomic mass is 16.5. The SMILES string of the molecule is CO[C@H]1CCN(C(=O)c2ccc(C(C)=O)cc2)[C@H](CN)C1. The highest BCUT2D eigenvalue weighted by molar-refractivity contribution is 5.97. The Balaban J connectivity index is 2.13. The van der Waals surface area contributed by atoms with Gasteiger partial charge in [0.15, 0.2) is 5.78 Å². The van der Waals surface area contributed by atoms with Crippen LogP contribution in [0.5, 0.6) is 0 Å². The third-order valence-corrected chi connectivity index (χ3v) is 4.07. The molecule has 1 aliphatic heterocycles.